The molecule has 0 saturated carbocycles. The summed E-state index contributed by atoms with van der Waals surface area (Å²) in [6, 6.07) is 3.72. The molecule has 8 heteroatoms. The van der Waals surface area contributed by atoms with Crippen molar-refractivity contribution >= 4 is 16.0 Å². The van der Waals surface area contributed by atoms with E-state index in [1.165, 1.54) is 19.2 Å². The number of nitrogens with zero attached hydrogens (tertiary/aromatic N) is 2. The first kappa shape index (κ1) is 15.7. The third-order valence-electron chi connectivity index (χ3n) is 3.49. The molecule has 1 aromatic rings. The van der Waals surface area contributed by atoms with Gasteiger partial charge in [0.15, 0.2) is 0 Å². The summed E-state index contributed by atoms with van der Waals surface area (Å²) in [5.74, 6) is -0.0169. The number of methoxy groups -OCH3 is 1. The Balaban J connectivity index is 2.34. The SMILES string of the molecule is COc1ccc(S(=O)(=O)O)cc1C(=O)N1CCN(C)CC1. The average molecular weight is 314 g/mol. The number of ether oxygens (including phenoxy) is 1. The summed E-state index contributed by atoms with van der Waals surface area (Å²) in [7, 11) is -0.978. The van der Waals surface area contributed by atoms with Gasteiger partial charge in [-0.05, 0) is 25.2 Å². The van der Waals surface area contributed by atoms with E-state index in [0.29, 0.717) is 13.1 Å². The van der Waals surface area contributed by atoms with Gasteiger partial charge in [-0.2, -0.15) is 8.42 Å². The van der Waals surface area contributed by atoms with Crippen LogP contribution in [0.25, 0.3) is 0 Å². The Morgan fingerprint density at radius 2 is 1.86 bits per heavy atom. The van der Waals surface area contributed by atoms with E-state index >= 15 is 0 Å². The first-order valence-electron chi connectivity index (χ1n) is 6.46. The maximum Gasteiger partial charge on any atom is 0.294 e. The largest absolute Gasteiger partial charge is 0.496 e. The lowest BCUT2D eigenvalue weighted by molar-refractivity contribution is 0.0660. The third-order valence-corrected chi connectivity index (χ3v) is 4.34. The average Bonchev–Trinajstić information content (AvgIpc) is 2.45. The highest BCUT2D eigenvalue weighted by Gasteiger charge is 2.24. The fraction of sp³-hybridized carbons (Fsp3) is 0.462. The van der Waals surface area contributed by atoms with Crippen molar-refractivity contribution in [2.45, 2.75) is 4.90 Å². The summed E-state index contributed by atoms with van der Waals surface area (Å²) in [6.07, 6.45) is 0. The quantitative estimate of drug-likeness (QED) is 0.809. The molecule has 21 heavy (non-hydrogen) atoms. The number of rotatable bonds is 3. The second-order valence-electron chi connectivity index (χ2n) is 4.93. The Labute approximate surface area is 123 Å². The van der Waals surface area contributed by atoms with Crippen molar-refractivity contribution in [3.8, 4) is 5.75 Å². The van der Waals surface area contributed by atoms with E-state index in [4.69, 9.17) is 9.29 Å². The third kappa shape index (κ3) is 3.52. The molecule has 1 fully saturated rings. The molecule has 1 amide bonds. The predicted octanol–water partition coefficient (Wildman–Crippen LogP) is 0.330. The molecule has 2 rings (SSSR count). The Kier molecular flexibility index (Phi) is 4.50. The van der Waals surface area contributed by atoms with Gasteiger partial charge in [0.2, 0.25) is 0 Å². The molecular weight excluding hydrogens is 296 g/mol. The van der Waals surface area contributed by atoms with Gasteiger partial charge in [0.25, 0.3) is 16.0 Å². The molecule has 116 valence electrons. The van der Waals surface area contributed by atoms with Crippen LogP contribution in [0.15, 0.2) is 23.1 Å². The van der Waals surface area contributed by atoms with E-state index in [1.54, 1.807) is 4.90 Å². The molecular formula is C13H18N2O5S. The molecule has 1 aliphatic heterocycles. The standard InChI is InChI=1S/C13H18N2O5S/c1-14-5-7-15(8-6-14)13(16)11-9-10(21(17,18)19)3-4-12(11)20-2/h3-4,9H,5-8H2,1-2H3,(H,17,18,19). The molecule has 1 N–H and O–H groups in total. The number of carbonyl (C=O) groups excluding carboxylic acids is 1. The Bertz CT molecular complexity index is 636. The second-order valence-corrected chi connectivity index (χ2v) is 6.35. The van der Waals surface area contributed by atoms with Crippen LogP contribution in [0, 0.1) is 0 Å². The van der Waals surface area contributed by atoms with Crippen molar-refractivity contribution in [2.75, 3.05) is 40.3 Å². The zero-order valence-corrected chi connectivity index (χ0v) is 12.8. The predicted molar refractivity (Wildman–Crippen MR) is 76.2 cm³/mol. The minimum Gasteiger partial charge on any atom is -0.496 e. The number of hydrogen-bond donors (Lipinski definition) is 1. The van der Waals surface area contributed by atoms with E-state index in [9.17, 15) is 13.2 Å². The van der Waals surface area contributed by atoms with Crippen molar-refractivity contribution in [2.24, 2.45) is 0 Å². The van der Waals surface area contributed by atoms with Gasteiger partial charge in [0, 0.05) is 26.2 Å². The molecule has 1 aromatic carbocycles. The molecule has 7 nitrogen and oxygen atoms in total. The van der Waals surface area contributed by atoms with Crippen molar-refractivity contribution in [1.82, 2.24) is 9.80 Å². The molecule has 1 aliphatic rings. The monoisotopic (exact) mass is 314 g/mol. The van der Waals surface area contributed by atoms with Gasteiger partial charge in [-0.3, -0.25) is 9.35 Å². The van der Waals surface area contributed by atoms with Crippen molar-refractivity contribution in [3.63, 3.8) is 0 Å². The number of amides is 1. The first-order chi connectivity index (χ1) is 9.82. The lowest BCUT2D eigenvalue weighted by Crippen LogP contribution is -2.47. The summed E-state index contributed by atoms with van der Waals surface area (Å²) in [5, 5.41) is 0. The van der Waals surface area contributed by atoms with Gasteiger partial charge in [-0.1, -0.05) is 0 Å². The van der Waals surface area contributed by atoms with Crippen LogP contribution in [0.2, 0.25) is 0 Å². The van der Waals surface area contributed by atoms with Crippen molar-refractivity contribution in [1.29, 1.82) is 0 Å². The minimum atomic E-state index is -4.36. The van der Waals surface area contributed by atoms with Crippen LogP contribution < -0.4 is 4.74 Å². The Hall–Kier alpha value is -1.64. The summed E-state index contributed by atoms with van der Waals surface area (Å²) < 4.78 is 36.6. The van der Waals surface area contributed by atoms with Crippen molar-refractivity contribution < 1.29 is 22.5 Å². The van der Waals surface area contributed by atoms with Crippen LogP contribution in [0.3, 0.4) is 0 Å². The van der Waals surface area contributed by atoms with E-state index in [-0.39, 0.29) is 22.1 Å². The maximum absolute atomic E-state index is 12.5. The van der Waals surface area contributed by atoms with Gasteiger partial charge in [0.05, 0.1) is 17.6 Å². The van der Waals surface area contributed by atoms with Gasteiger partial charge in [0.1, 0.15) is 5.75 Å². The molecule has 1 saturated heterocycles. The fourth-order valence-electron chi connectivity index (χ4n) is 2.19. The van der Waals surface area contributed by atoms with E-state index in [1.807, 2.05) is 7.05 Å². The van der Waals surface area contributed by atoms with Crippen molar-refractivity contribution in [3.05, 3.63) is 23.8 Å². The summed E-state index contributed by atoms with van der Waals surface area (Å²) >= 11 is 0. The topological polar surface area (TPSA) is 87.2 Å². The smallest absolute Gasteiger partial charge is 0.294 e. The minimum absolute atomic E-state index is 0.136. The first-order valence-corrected chi connectivity index (χ1v) is 7.90. The zero-order chi connectivity index (χ0) is 15.6. The molecule has 1 heterocycles. The number of likely N-dealkylation sites (N-methyl/N-ethyl adjacent to an activating group) is 1. The molecule has 0 spiro atoms. The molecule has 0 aromatic heterocycles. The van der Waals surface area contributed by atoms with Crippen LogP contribution in [0.1, 0.15) is 10.4 Å². The number of benzene rings is 1. The van der Waals surface area contributed by atoms with Gasteiger partial charge >= 0.3 is 0 Å². The summed E-state index contributed by atoms with van der Waals surface area (Å²) in [4.78, 5) is 15.9. The lowest BCUT2D eigenvalue weighted by atomic mass is 10.1. The van der Waals surface area contributed by atoms with Crippen LogP contribution in [-0.2, 0) is 10.1 Å². The molecule has 0 bridgehead atoms. The van der Waals surface area contributed by atoms with Gasteiger partial charge in [-0.15, -0.1) is 0 Å². The number of carbonyl (C=O) groups is 1. The highest BCUT2D eigenvalue weighted by atomic mass is 32.2. The highest BCUT2D eigenvalue weighted by molar-refractivity contribution is 7.85. The maximum atomic E-state index is 12.5. The fourth-order valence-corrected chi connectivity index (χ4v) is 2.70. The highest BCUT2D eigenvalue weighted by Crippen LogP contribution is 2.24. The second kappa shape index (κ2) is 6.00. The van der Waals surface area contributed by atoms with Gasteiger partial charge < -0.3 is 14.5 Å². The Morgan fingerprint density at radius 1 is 1.24 bits per heavy atom. The molecule has 0 radical (unpaired) electrons. The van der Waals surface area contributed by atoms with Crippen LogP contribution >= 0.6 is 0 Å². The number of hydrogen-bond acceptors (Lipinski definition) is 5. The Morgan fingerprint density at radius 3 is 2.38 bits per heavy atom. The van der Waals surface area contributed by atoms with E-state index in [0.717, 1.165) is 19.2 Å². The van der Waals surface area contributed by atoms with Crippen LogP contribution in [0.5, 0.6) is 5.75 Å². The molecule has 0 atom stereocenters. The lowest BCUT2D eigenvalue weighted by Gasteiger charge is -2.32. The van der Waals surface area contributed by atoms with Crippen LogP contribution in [-0.4, -0.2) is 69.0 Å². The normalized spacial score (nSPS) is 16.8. The molecule has 0 aliphatic carbocycles. The van der Waals surface area contributed by atoms with Gasteiger partial charge in [-0.25, -0.2) is 0 Å². The van der Waals surface area contributed by atoms with Crippen LogP contribution in [0.4, 0.5) is 0 Å². The van der Waals surface area contributed by atoms with E-state index in [2.05, 4.69) is 4.90 Å². The molecule has 0 unspecified atom stereocenters. The summed E-state index contributed by atoms with van der Waals surface area (Å²) in [6.45, 7) is 2.64. The number of piperazine rings is 1. The zero-order valence-electron chi connectivity index (χ0n) is 11.9. The summed E-state index contributed by atoms with van der Waals surface area (Å²) in [5.41, 5.74) is 0.136. The van der Waals surface area contributed by atoms with E-state index < -0.39 is 10.1 Å².